The highest BCUT2D eigenvalue weighted by molar-refractivity contribution is 6.35. The van der Waals surface area contributed by atoms with Gasteiger partial charge in [-0.3, -0.25) is 0 Å². The largest absolute Gasteiger partial charge is 0.493 e. The molecule has 0 radical (unpaired) electrons. The summed E-state index contributed by atoms with van der Waals surface area (Å²) in [4.78, 5) is 0. The van der Waals surface area contributed by atoms with Gasteiger partial charge in [0.05, 0.1) is 31.0 Å². The van der Waals surface area contributed by atoms with Crippen LogP contribution in [0.4, 0.5) is 0 Å². The Balaban J connectivity index is 1.60. The molecule has 5 nitrogen and oxygen atoms in total. The van der Waals surface area contributed by atoms with E-state index < -0.39 is 6.23 Å². The lowest BCUT2D eigenvalue weighted by Crippen LogP contribution is -2.33. The van der Waals surface area contributed by atoms with E-state index in [-0.39, 0.29) is 6.04 Å². The third kappa shape index (κ3) is 3.64. The molecule has 0 bridgehead atoms. The molecule has 164 valence electrons. The number of ether oxygens (including phenoxy) is 3. The van der Waals surface area contributed by atoms with Crippen molar-refractivity contribution in [2.45, 2.75) is 18.7 Å². The molecular weight excluding hydrogens is 471 g/mol. The molecule has 3 aromatic rings. The molecule has 5 rings (SSSR count). The number of fused-ring (bicyclic) bond motifs is 3. The summed E-state index contributed by atoms with van der Waals surface area (Å²) in [5.74, 6) is 2.07. The van der Waals surface area contributed by atoms with Crippen molar-refractivity contribution in [3.8, 4) is 17.2 Å². The van der Waals surface area contributed by atoms with Crippen LogP contribution in [0.15, 0.2) is 59.7 Å². The van der Waals surface area contributed by atoms with E-state index in [1.54, 1.807) is 26.4 Å². The standard InChI is InChI=1S/C24H19Cl3N2O3/c1-30-22-7-3-13(9-23(22)31-2)19-12-20-17-10-14(25)5-8-21(17)32-24(29(20)28-19)16-6-4-15(26)11-18(16)27/h3-11,20,24H,12H2,1-2H3/t20-,24+/m1/s1. The molecule has 0 spiro atoms. The van der Waals surface area contributed by atoms with E-state index in [2.05, 4.69) is 0 Å². The quantitative estimate of drug-likeness (QED) is 0.399. The lowest BCUT2D eigenvalue weighted by molar-refractivity contribution is -0.0189. The molecule has 0 saturated carbocycles. The molecule has 32 heavy (non-hydrogen) atoms. The van der Waals surface area contributed by atoms with Gasteiger partial charge in [-0.15, -0.1) is 0 Å². The van der Waals surface area contributed by atoms with E-state index in [0.29, 0.717) is 33.0 Å². The summed E-state index contributed by atoms with van der Waals surface area (Å²) in [6.07, 6.45) is 0.171. The maximum absolute atomic E-state index is 6.54. The average Bonchev–Trinajstić information content (AvgIpc) is 3.24. The van der Waals surface area contributed by atoms with Crippen molar-refractivity contribution >= 4 is 40.5 Å². The first-order valence-corrected chi connectivity index (χ1v) is 11.1. The van der Waals surface area contributed by atoms with Gasteiger partial charge < -0.3 is 14.2 Å². The highest BCUT2D eigenvalue weighted by atomic mass is 35.5. The summed E-state index contributed by atoms with van der Waals surface area (Å²) in [6, 6.07) is 16.8. The molecule has 2 aliphatic heterocycles. The first-order valence-electron chi connectivity index (χ1n) is 9.97. The fraction of sp³-hybridized carbons (Fsp3) is 0.208. The summed E-state index contributed by atoms with van der Waals surface area (Å²) in [7, 11) is 3.23. The second-order valence-corrected chi connectivity index (χ2v) is 8.81. The van der Waals surface area contributed by atoms with E-state index in [1.165, 1.54) is 0 Å². The Bertz CT molecular complexity index is 1230. The van der Waals surface area contributed by atoms with E-state index in [1.807, 2.05) is 47.5 Å². The fourth-order valence-electron chi connectivity index (χ4n) is 4.16. The molecule has 3 aromatic carbocycles. The van der Waals surface area contributed by atoms with Gasteiger partial charge in [-0.25, -0.2) is 5.01 Å². The number of benzene rings is 3. The van der Waals surface area contributed by atoms with Crippen molar-refractivity contribution in [1.82, 2.24) is 5.01 Å². The van der Waals surface area contributed by atoms with Crippen LogP contribution in [0.25, 0.3) is 0 Å². The summed E-state index contributed by atoms with van der Waals surface area (Å²) >= 11 is 19.0. The molecule has 0 amide bonds. The highest BCUT2D eigenvalue weighted by Crippen LogP contribution is 2.49. The summed E-state index contributed by atoms with van der Waals surface area (Å²) < 4.78 is 17.2. The van der Waals surface area contributed by atoms with Crippen molar-refractivity contribution < 1.29 is 14.2 Å². The number of rotatable bonds is 4. The zero-order valence-corrected chi connectivity index (χ0v) is 19.6. The first kappa shape index (κ1) is 21.3. The minimum absolute atomic E-state index is 0.0581. The molecule has 0 saturated heterocycles. The van der Waals surface area contributed by atoms with Crippen LogP contribution in [0, 0.1) is 0 Å². The van der Waals surface area contributed by atoms with E-state index in [9.17, 15) is 0 Å². The number of halogens is 3. The predicted octanol–water partition coefficient (Wildman–Crippen LogP) is 6.91. The Kier molecular flexibility index (Phi) is 5.58. The molecule has 0 unspecified atom stereocenters. The molecule has 2 heterocycles. The van der Waals surface area contributed by atoms with Gasteiger partial charge in [0.25, 0.3) is 0 Å². The normalized spacial score (nSPS) is 19.0. The Labute approximate surface area is 201 Å². The topological polar surface area (TPSA) is 43.3 Å². The molecule has 0 N–H and O–H groups in total. The van der Waals surface area contributed by atoms with Crippen molar-refractivity contribution in [1.29, 1.82) is 0 Å². The lowest BCUT2D eigenvalue weighted by Gasteiger charge is -2.38. The minimum atomic E-state index is -0.504. The number of hydrazone groups is 1. The van der Waals surface area contributed by atoms with Crippen molar-refractivity contribution in [2.24, 2.45) is 5.10 Å². The maximum Gasteiger partial charge on any atom is 0.215 e. The van der Waals surface area contributed by atoms with Crippen molar-refractivity contribution in [3.05, 3.63) is 86.4 Å². The van der Waals surface area contributed by atoms with Gasteiger partial charge in [0.2, 0.25) is 6.23 Å². The summed E-state index contributed by atoms with van der Waals surface area (Å²) in [5, 5.41) is 8.63. The van der Waals surface area contributed by atoms with Gasteiger partial charge >= 0.3 is 0 Å². The fourth-order valence-corrected chi connectivity index (χ4v) is 4.84. The van der Waals surface area contributed by atoms with Crippen LogP contribution < -0.4 is 14.2 Å². The number of nitrogens with zero attached hydrogens (tertiary/aromatic N) is 2. The van der Waals surface area contributed by atoms with Gasteiger partial charge in [-0.2, -0.15) is 5.10 Å². The monoisotopic (exact) mass is 488 g/mol. The SMILES string of the molecule is COc1ccc(C2=NN3[C@H](C2)c2cc(Cl)ccc2O[C@H]3c2ccc(Cl)cc2Cl)cc1OC. The highest BCUT2D eigenvalue weighted by Gasteiger charge is 2.41. The van der Waals surface area contributed by atoms with Crippen LogP contribution in [0.5, 0.6) is 17.2 Å². The Morgan fingerprint density at radius 2 is 1.62 bits per heavy atom. The molecular formula is C24H19Cl3N2O3. The van der Waals surface area contributed by atoms with Crippen LogP contribution in [-0.2, 0) is 0 Å². The Hall–Kier alpha value is -2.60. The smallest absolute Gasteiger partial charge is 0.215 e. The van der Waals surface area contributed by atoms with Gasteiger partial charge in [0, 0.05) is 33.2 Å². The molecule has 2 aliphatic rings. The molecule has 0 fully saturated rings. The van der Waals surface area contributed by atoms with Crippen LogP contribution in [-0.4, -0.2) is 24.9 Å². The number of methoxy groups -OCH3 is 2. The molecule has 0 aromatic heterocycles. The second kappa shape index (κ2) is 8.39. The van der Waals surface area contributed by atoms with Gasteiger partial charge in [-0.05, 0) is 48.5 Å². The second-order valence-electron chi connectivity index (χ2n) is 7.53. The zero-order valence-electron chi connectivity index (χ0n) is 17.3. The molecule has 8 heteroatoms. The van der Waals surface area contributed by atoms with Crippen LogP contribution >= 0.6 is 34.8 Å². The zero-order chi connectivity index (χ0) is 22.4. The van der Waals surface area contributed by atoms with E-state index in [0.717, 1.165) is 28.2 Å². The third-order valence-electron chi connectivity index (χ3n) is 5.70. The van der Waals surface area contributed by atoms with Crippen molar-refractivity contribution in [2.75, 3.05) is 14.2 Å². The lowest BCUT2D eigenvalue weighted by atomic mass is 9.95. The number of hydrogen-bond acceptors (Lipinski definition) is 5. The predicted molar refractivity (Wildman–Crippen MR) is 127 cm³/mol. The Morgan fingerprint density at radius 3 is 2.38 bits per heavy atom. The van der Waals surface area contributed by atoms with Crippen molar-refractivity contribution in [3.63, 3.8) is 0 Å². The first-order chi connectivity index (χ1) is 15.5. The Morgan fingerprint density at radius 1 is 0.875 bits per heavy atom. The van der Waals surface area contributed by atoms with Crippen LogP contribution in [0.3, 0.4) is 0 Å². The number of hydrogen-bond donors (Lipinski definition) is 0. The van der Waals surface area contributed by atoms with E-state index in [4.69, 9.17) is 54.1 Å². The van der Waals surface area contributed by atoms with Gasteiger partial charge in [-0.1, -0.05) is 40.9 Å². The third-order valence-corrected chi connectivity index (χ3v) is 6.49. The van der Waals surface area contributed by atoms with Gasteiger partial charge in [0.15, 0.2) is 11.5 Å². The molecule has 2 atom stereocenters. The average molecular weight is 490 g/mol. The van der Waals surface area contributed by atoms with Crippen LogP contribution in [0.2, 0.25) is 15.1 Å². The maximum atomic E-state index is 6.54. The summed E-state index contributed by atoms with van der Waals surface area (Å²) in [6.45, 7) is 0. The van der Waals surface area contributed by atoms with Gasteiger partial charge in [0.1, 0.15) is 5.75 Å². The van der Waals surface area contributed by atoms with E-state index >= 15 is 0 Å². The molecule has 0 aliphatic carbocycles. The summed E-state index contributed by atoms with van der Waals surface area (Å²) in [5.41, 5.74) is 3.63. The van der Waals surface area contributed by atoms with Crippen LogP contribution in [0.1, 0.15) is 35.4 Å². The minimum Gasteiger partial charge on any atom is -0.493 e.